The Bertz CT molecular complexity index is 224. The second-order valence-electron chi connectivity index (χ2n) is 1.04. The van der Waals surface area contributed by atoms with Gasteiger partial charge in [0.15, 0.2) is 5.51 Å². The molecule has 0 saturated heterocycles. The monoisotopic (exact) mass is 187 g/mol. The Labute approximate surface area is 58.9 Å². The lowest BCUT2D eigenvalue weighted by Gasteiger charge is -1.72. The van der Waals surface area contributed by atoms with E-state index in [1.165, 1.54) is 11.3 Å². The number of aromatic nitrogens is 1. The van der Waals surface area contributed by atoms with Crippen LogP contribution in [0.15, 0.2) is 4.60 Å². The fourth-order valence-corrected chi connectivity index (χ4v) is 1.21. The van der Waals surface area contributed by atoms with Crippen molar-refractivity contribution in [3.63, 3.8) is 0 Å². The molecule has 0 fully saturated rings. The predicted molar refractivity (Wildman–Crippen MR) is 33.4 cm³/mol. The van der Waals surface area contributed by atoms with E-state index in [4.69, 9.17) is 5.26 Å². The van der Waals surface area contributed by atoms with Crippen LogP contribution in [0.25, 0.3) is 0 Å². The Kier molecular flexibility index (Phi) is 1.61. The van der Waals surface area contributed by atoms with Crippen molar-refractivity contribution in [3.05, 3.63) is 15.0 Å². The summed E-state index contributed by atoms with van der Waals surface area (Å²) in [5.74, 6) is 0. The predicted octanol–water partition coefficient (Wildman–Crippen LogP) is 1.58. The Morgan fingerprint density at radius 1 is 1.88 bits per heavy atom. The van der Waals surface area contributed by atoms with Gasteiger partial charge in [-0.3, -0.25) is 0 Å². The van der Waals surface area contributed by atoms with Crippen molar-refractivity contribution in [2.45, 2.75) is 0 Å². The molecule has 1 heterocycles. The van der Waals surface area contributed by atoms with E-state index >= 15 is 0 Å². The second-order valence-corrected chi connectivity index (χ2v) is 2.58. The molecule has 0 atom stereocenters. The summed E-state index contributed by atoms with van der Waals surface area (Å²) in [6.45, 7) is 0. The van der Waals surface area contributed by atoms with Gasteiger partial charge in [0.2, 0.25) is 0 Å². The molecule has 0 aliphatic carbocycles. The molecule has 1 aromatic rings. The molecule has 0 unspecified atom stereocenters. The van der Waals surface area contributed by atoms with Gasteiger partial charge in [-0.1, -0.05) is 11.3 Å². The van der Waals surface area contributed by atoms with Crippen LogP contribution < -0.4 is 0 Å². The summed E-state index contributed by atoms with van der Waals surface area (Å²) in [7, 11) is 0. The largest absolute Gasteiger partial charge is 0.225 e. The lowest BCUT2D eigenvalue weighted by molar-refractivity contribution is 1.34. The number of hydrogen-bond acceptors (Lipinski definition) is 3. The normalized spacial score (nSPS) is 8.50. The zero-order valence-corrected chi connectivity index (χ0v) is 6.08. The van der Waals surface area contributed by atoms with E-state index in [-0.39, 0.29) is 0 Å². The van der Waals surface area contributed by atoms with Gasteiger partial charge in [-0.05, 0) is 15.9 Å². The molecule has 0 spiro atoms. The van der Waals surface area contributed by atoms with E-state index in [0.717, 1.165) is 0 Å². The van der Waals surface area contributed by atoms with Crippen LogP contribution in [0, 0.1) is 16.8 Å². The van der Waals surface area contributed by atoms with Gasteiger partial charge in [-0.15, -0.1) is 0 Å². The zero-order valence-electron chi connectivity index (χ0n) is 3.68. The van der Waals surface area contributed by atoms with Crippen LogP contribution in [-0.4, -0.2) is 4.98 Å². The highest BCUT2D eigenvalue weighted by Gasteiger charge is 1.98. The fraction of sp³-hybridized carbons (Fsp3) is 0. The van der Waals surface area contributed by atoms with E-state index in [1.54, 1.807) is 0 Å². The van der Waals surface area contributed by atoms with Gasteiger partial charge in [0.05, 0.1) is 0 Å². The van der Waals surface area contributed by atoms with Crippen LogP contribution in [0.4, 0.5) is 0 Å². The number of rotatable bonds is 0. The summed E-state index contributed by atoms with van der Waals surface area (Å²) >= 11 is 4.28. The molecule has 1 radical (unpaired) electrons. The second kappa shape index (κ2) is 2.25. The third kappa shape index (κ3) is 0.881. The zero-order chi connectivity index (χ0) is 5.98. The maximum atomic E-state index is 8.28. The molecule has 1 aromatic heterocycles. The topological polar surface area (TPSA) is 36.7 Å². The Morgan fingerprint density at radius 2 is 2.62 bits per heavy atom. The summed E-state index contributed by atoms with van der Waals surface area (Å²) in [5.41, 5.74) is 2.57. The van der Waals surface area contributed by atoms with Gasteiger partial charge < -0.3 is 0 Å². The summed E-state index contributed by atoms with van der Waals surface area (Å²) in [5, 5.41) is 8.28. The summed E-state index contributed by atoms with van der Waals surface area (Å²) in [6, 6.07) is 1.95. The first-order chi connectivity index (χ1) is 3.84. The number of hydrogen-bond donors (Lipinski definition) is 0. The van der Waals surface area contributed by atoms with Gasteiger partial charge >= 0.3 is 0 Å². The molecule has 39 valence electrons. The van der Waals surface area contributed by atoms with Crippen LogP contribution in [-0.2, 0) is 0 Å². The average molecular weight is 188 g/mol. The van der Waals surface area contributed by atoms with E-state index in [9.17, 15) is 0 Å². The van der Waals surface area contributed by atoms with Crippen LogP contribution in [0.1, 0.15) is 4.88 Å². The van der Waals surface area contributed by atoms with Gasteiger partial charge in [0, 0.05) is 0 Å². The van der Waals surface area contributed by atoms with Crippen molar-refractivity contribution in [1.29, 1.82) is 5.26 Å². The van der Waals surface area contributed by atoms with Gasteiger partial charge in [-0.2, -0.15) is 5.26 Å². The molecule has 1 rings (SSSR count). The van der Waals surface area contributed by atoms with E-state index < -0.39 is 0 Å². The van der Waals surface area contributed by atoms with E-state index in [1.807, 2.05) is 6.07 Å². The highest BCUT2D eigenvalue weighted by atomic mass is 79.9. The molecule has 4 heteroatoms. The van der Waals surface area contributed by atoms with Crippen molar-refractivity contribution in [2.24, 2.45) is 0 Å². The quantitative estimate of drug-likeness (QED) is 0.619. The third-order valence-electron chi connectivity index (χ3n) is 0.580. The summed E-state index contributed by atoms with van der Waals surface area (Å²) < 4.78 is 0.588. The van der Waals surface area contributed by atoms with Crippen molar-refractivity contribution < 1.29 is 0 Å². The summed E-state index contributed by atoms with van der Waals surface area (Å²) in [4.78, 5) is 4.25. The molecule has 0 aliphatic heterocycles. The SMILES string of the molecule is N#Cc1s[c]nc1Br. The molecule has 0 saturated carbocycles. The number of nitrogens with zero attached hydrogens (tertiary/aromatic N) is 2. The highest BCUT2D eigenvalue weighted by molar-refractivity contribution is 9.10. The van der Waals surface area contributed by atoms with Crippen molar-refractivity contribution in [3.8, 4) is 6.07 Å². The minimum atomic E-state index is 0.574. The highest BCUT2D eigenvalue weighted by Crippen LogP contribution is 2.16. The first-order valence-electron chi connectivity index (χ1n) is 1.77. The molecule has 8 heavy (non-hydrogen) atoms. The molecular formula is C4BrN2S. The molecule has 0 aromatic carbocycles. The lowest BCUT2D eigenvalue weighted by atomic mass is 10.6. The Balaban J connectivity index is 3.15. The van der Waals surface area contributed by atoms with Gasteiger partial charge in [0.25, 0.3) is 0 Å². The molecule has 2 nitrogen and oxygen atoms in total. The summed E-state index contributed by atoms with van der Waals surface area (Å²) in [6.07, 6.45) is 0. The Hall–Kier alpha value is -0.400. The first kappa shape index (κ1) is 5.73. The van der Waals surface area contributed by atoms with Gasteiger partial charge in [0.1, 0.15) is 15.5 Å². The van der Waals surface area contributed by atoms with E-state index in [0.29, 0.717) is 9.48 Å². The van der Waals surface area contributed by atoms with Crippen LogP contribution >= 0.6 is 27.3 Å². The number of nitriles is 1. The average Bonchev–Trinajstić information content (AvgIpc) is 2.14. The van der Waals surface area contributed by atoms with Crippen LogP contribution in [0.3, 0.4) is 0 Å². The maximum absolute atomic E-state index is 8.28. The lowest BCUT2D eigenvalue weighted by Crippen LogP contribution is -1.63. The number of thiazole rings is 1. The van der Waals surface area contributed by atoms with Crippen molar-refractivity contribution in [2.75, 3.05) is 0 Å². The van der Waals surface area contributed by atoms with Crippen LogP contribution in [0.5, 0.6) is 0 Å². The smallest absolute Gasteiger partial charge is 0.154 e. The fourth-order valence-electron chi connectivity index (χ4n) is 0.270. The minimum absolute atomic E-state index is 0.574. The molecular weight excluding hydrogens is 188 g/mol. The standard InChI is InChI=1S/C4BrN2S/c5-4-3(1-6)8-2-7-4. The van der Waals surface area contributed by atoms with Crippen molar-refractivity contribution >= 4 is 27.3 Å². The molecule has 0 aliphatic rings. The Morgan fingerprint density at radius 3 is 2.88 bits per heavy atom. The molecule has 0 amide bonds. The molecule has 0 N–H and O–H groups in total. The third-order valence-corrected chi connectivity index (χ3v) is 2.09. The van der Waals surface area contributed by atoms with E-state index in [2.05, 4.69) is 26.4 Å². The number of halogens is 1. The maximum Gasteiger partial charge on any atom is 0.154 e. The van der Waals surface area contributed by atoms with Gasteiger partial charge in [-0.25, -0.2) is 4.98 Å². The minimum Gasteiger partial charge on any atom is -0.225 e. The van der Waals surface area contributed by atoms with Crippen LogP contribution in [0.2, 0.25) is 0 Å². The first-order valence-corrected chi connectivity index (χ1v) is 3.38. The van der Waals surface area contributed by atoms with Crippen molar-refractivity contribution in [1.82, 2.24) is 4.98 Å². The molecule has 0 bridgehead atoms.